The van der Waals surface area contributed by atoms with E-state index in [1.165, 1.54) is 23.9 Å². The molecule has 3 nitrogen and oxygen atoms in total. The molecule has 0 aliphatic carbocycles. The lowest BCUT2D eigenvalue weighted by atomic mass is 10.4. The van der Waals surface area contributed by atoms with Crippen molar-refractivity contribution in [3.63, 3.8) is 0 Å². The number of benzene rings is 1. The number of carbonyl (C=O) groups excluding carboxylic acids is 1. The Bertz CT molecular complexity index is 754. The van der Waals surface area contributed by atoms with Crippen LogP contribution in [0.5, 0.6) is 0 Å². The summed E-state index contributed by atoms with van der Waals surface area (Å²) in [7, 11) is 0. The van der Waals surface area contributed by atoms with Crippen LogP contribution in [0.4, 0.5) is 4.39 Å². The molecular weight excluding hydrogens is 263 g/mol. The number of hydrogen-bond donors (Lipinski definition) is 0. The number of halogens is 1. The molecule has 5 heteroatoms. The quantitative estimate of drug-likeness (QED) is 0.685. The highest BCUT2D eigenvalue weighted by Crippen LogP contribution is 2.30. The molecule has 0 saturated carbocycles. The Balaban J connectivity index is 2.07. The van der Waals surface area contributed by atoms with E-state index in [2.05, 4.69) is 4.98 Å². The largest absolute Gasteiger partial charge is 0.296 e. The number of nitrogens with zero attached hydrogens (tertiary/aromatic N) is 2. The molecule has 3 aromatic rings. The number of aromatic nitrogens is 2. The third-order valence-electron chi connectivity index (χ3n) is 2.66. The van der Waals surface area contributed by atoms with Crippen LogP contribution in [0.15, 0.2) is 58.6 Å². The van der Waals surface area contributed by atoms with Gasteiger partial charge >= 0.3 is 0 Å². The molecule has 0 aliphatic rings. The van der Waals surface area contributed by atoms with Gasteiger partial charge < -0.3 is 0 Å². The van der Waals surface area contributed by atoms with Gasteiger partial charge in [0, 0.05) is 11.1 Å². The Morgan fingerprint density at radius 3 is 2.89 bits per heavy atom. The zero-order chi connectivity index (χ0) is 13.2. The SMILES string of the molecule is O=Cc1c(Sc2cccc(F)c2)nc2ccccn12. The van der Waals surface area contributed by atoms with E-state index >= 15 is 0 Å². The van der Waals surface area contributed by atoms with Crippen LogP contribution in [0.1, 0.15) is 10.5 Å². The molecule has 2 heterocycles. The minimum atomic E-state index is -0.304. The molecule has 0 unspecified atom stereocenters. The lowest BCUT2D eigenvalue weighted by Gasteiger charge is -1.99. The second-order valence-corrected chi connectivity index (χ2v) is 4.97. The van der Waals surface area contributed by atoms with Crippen molar-refractivity contribution in [1.82, 2.24) is 9.38 Å². The van der Waals surface area contributed by atoms with Gasteiger partial charge in [0.1, 0.15) is 22.2 Å². The highest BCUT2D eigenvalue weighted by atomic mass is 32.2. The molecular formula is C14H9FN2OS. The molecule has 0 radical (unpaired) electrons. The maximum Gasteiger partial charge on any atom is 0.169 e. The number of carbonyl (C=O) groups is 1. The number of imidazole rings is 1. The van der Waals surface area contributed by atoms with Crippen LogP contribution in [0.2, 0.25) is 0 Å². The normalized spacial score (nSPS) is 10.8. The molecule has 0 saturated heterocycles. The molecule has 0 fully saturated rings. The summed E-state index contributed by atoms with van der Waals surface area (Å²) in [5, 5.41) is 0.576. The van der Waals surface area contributed by atoms with Gasteiger partial charge in [0.15, 0.2) is 6.29 Å². The molecule has 19 heavy (non-hydrogen) atoms. The predicted octanol–water partition coefficient (Wildman–Crippen LogP) is 3.44. The third kappa shape index (κ3) is 2.24. The van der Waals surface area contributed by atoms with Crippen molar-refractivity contribution in [2.24, 2.45) is 0 Å². The van der Waals surface area contributed by atoms with Crippen LogP contribution < -0.4 is 0 Å². The smallest absolute Gasteiger partial charge is 0.169 e. The van der Waals surface area contributed by atoms with E-state index in [1.807, 2.05) is 18.2 Å². The highest BCUT2D eigenvalue weighted by Gasteiger charge is 2.12. The van der Waals surface area contributed by atoms with E-state index in [4.69, 9.17) is 0 Å². The van der Waals surface area contributed by atoms with Gasteiger partial charge in [-0.15, -0.1) is 0 Å². The predicted molar refractivity (Wildman–Crippen MR) is 71.1 cm³/mol. The summed E-state index contributed by atoms with van der Waals surface area (Å²) >= 11 is 1.28. The standard InChI is InChI=1S/C14H9FN2OS/c15-10-4-3-5-11(8-10)19-14-12(9-18)17-7-2-1-6-13(17)16-14/h1-9H. The molecule has 2 aromatic heterocycles. The van der Waals surface area contributed by atoms with Gasteiger partial charge in [-0.05, 0) is 30.3 Å². The van der Waals surface area contributed by atoms with Crippen LogP contribution >= 0.6 is 11.8 Å². The van der Waals surface area contributed by atoms with E-state index < -0.39 is 0 Å². The molecule has 0 N–H and O–H groups in total. The Labute approximate surface area is 113 Å². The molecule has 0 amide bonds. The maximum atomic E-state index is 13.1. The topological polar surface area (TPSA) is 34.4 Å². The highest BCUT2D eigenvalue weighted by molar-refractivity contribution is 7.99. The van der Waals surface area contributed by atoms with Crippen molar-refractivity contribution in [3.05, 3.63) is 60.2 Å². The van der Waals surface area contributed by atoms with Crippen molar-refractivity contribution in [2.75, 3.05) is 0 Å². The monoisotopic (exact) mass is 272 g/mol. The van der Waals surface area contributed by atoms with Crippen LogP contribution in [0, 0.1) is 5.82 Å². The molecule has 0 aliphatic heterocycles. The molecule has 1 aromatic carbocycles. The summed E-state index contributed by atoms with van der Waals surface area (Å²) < 4.78 is 14.9. The van der Waals surface area contributed by atoms with Gasteiger partial charge in [0.25, 0.3) is 0 Å². The van der Waals surface area contributed by atoms with Crippen LogP contribution in [0.3, 0.4) is 0 Å². The van der Waals surface area contributed by atoms with Gasteiger partial charge in [0.2, 0.25) is 0 Å². The summed E-state index contributed by atoms with van der Waals surface area (Å²) in [4.78, 5) is 16.3. The van der Waals surface area contributed by atoms with Crippen LogP contribution in [-0.2, 0) is 0 Å². The number of rotatable bonds is 3. The van der Waals surface area contributed by atoms with Crippen molar-refractivity contribution >= 4 is 23.7 Å². The Morgan fingerprint density at radius 2 is 2.11 bits per heavy atom. The van der Waals surface area contributed by atoms with E-state index in [9.17, 15) is 9.18 Å². The minimum absolute atomic E-state index is 0.304. The second kappa shape index (κ2) is 4.85. The van der Waals surface area contributed by atoms with E-state index in [1.54, 1.807) is 22.7 Å². The van der Waals surface area contributed by atoms with Crippen molar-refractivity contribution < 1.29 is 9.18 Å². The van der Waals surface area contributed by atoms with Crippen molar-refractivity contribution in [3.8, 4) is 0 Å². The van der Waals surface area contributed by atoms with Gasteiger partial charge in [-0.25, -0.2) is 9.37 Å². The fraction of sp³-hybridized carbons (Fsp3) is 0. The van der Waals surface area contributed by atoms with E-state index in [0.717, 1.165) is 6.29 Å². The first-order chi connectivity index (χ1) is 9.28. The Morgan fingerprint density at radius 1 is 1.21 bits per heavy atom. The second-order valence-electron chi connectivity index (χ2n) is 3.91. The lowest BCUT2D eigenvalue weighted by Crippen LogP contribution is -1.90. The molecule has 94 valence electrons. The van der Waals surface area contributed by atoms with E-state index in [-0.39, 0.29) is 5.82 Å². The molecule has 0 spiro atoms. The van der Waals surface area contributed by atoms with Crippen LogP contribution in [0.25, 0.3) is 5.65 Å². The zero-order valence-corrected chi connectivity index (χ0v) is 10.6. The fourth-order valence-corrected chi connectivity index (χ4v) is 2.75. The summed E-state index contributed by atoms with van der Waals surface area (Å²) in [5.74, 6) is -0.304. The van der Waals surface area contributed by atoms with Crippen LogP contribution in [-0.4, -0.2) is 15.7 Å². The van der Waals surface area contributed by atoms with Crippen molar-refractivity contribution in [1.29, 1.82) is 0 Å². The number of fused-ring (bicyclic) bond motifs is 1. The van der Waals surface area contributed by atoms with Gasteiger partial charge in [-0.3, -0.25) is 9.20 Å². The van der Waals surface area contributed by atoms with Gasteiger partial charge in [-0.2, -0.15) is 0 Å². The first-order valence-electron chi connectivity index (χ1n) is 5.63. The fourth-order valence-electron chi connectivity index (χ4n) is 1.82. The summed E-state index contributed by atoms with van der Waals surface area (Å²) in [6.45, 7) is 0. The van der Waals surface area contributed by atoms with Crippen molar-refractivity contribution in [2.45, 2.75) is 9.92 Å². The number of pyridine rings is 1. The third-order valence-corrected chi connectivity index (χ3v) is 3.64. The molecule has 3 rings (SSSR count). The maximum absolute atomic E-state index is 13.1. The van der Waals surface area contributed by atoms with Gasteiger partial charge in [0.05, 0.1) is 0 Å². The average Bonchev–Trinajstić information content (AvgIpc) is 2.75. The first-order valence-corrected chi connectivity index (χ1v) is 6.45. The number of hydrogen-bond acceptors (Lipinski definition) is 3. The van der Waals surface area contributed by atoms with Gasteiger partial charge in [-0.1, -0.05) is 23.9 Å². The first kappa shape index (κ1) is 11.9. The summed E-state index contributed by atoms with van der Waals surface area (Å²) in [6.07, 6.45) is 2.54. The lowest BCUT2D eigenvalue weighted by molar-refractivity contribution is 0.111. The Kier molecular flexibility index (Phi) is 3.05. The zero-order valence-electron chi connectivity index (χ0n) is 9.79. The molecule has 0 bridgehead atoms. The molecule has 0 atom stereocenters. The summed E-state index contributed by atoms with van der Waals surface area (Å²) in [6, 6.07) is 11.7. The average molecular weight is 272 g/mol. The summed E-state index contributed by atoms with van der Waals surface area (Å²) in [5.41, 5.74) is 1.17. The van der Waals surface area contributed by atoms with E-state index in [0.29, 0.717) is 21.3 Å². The Hall–Kier alpha value is -2.14. The minimum Gasteiger partial charge on any atom is -0.296 e. The number of aldehydes is 1.